The molecular weight excluding hydrogens is 254 g/mol. The van der Waals surface area contributed by atoms with Gasteiger partial charge in [-0.3, -0.25) is 0 Å². The average molecular weight is 279 g/mol. The first kappa shape index (κ1) is 14.7. The third kappa shape index (κ3) is 5.07. The Balaban J connectivity index is 1.63. The van der Waals surface area contributed by atoms with E-state index in [-0.39, 0.29) is 0 Å². The normalized spacial score (nSPS) is 23.3. The zero-order chi connectivity index (χ0) is 13.5. The zero-order valence-corrected chi connectivity index (χ0v) is 12.8. The first-order valence-electron chi connectivity index (χ1n) is 7.28. The predicted molar refractivity (Wildman–Crippen MR) is 83.1 cm³/mol. The van der Waals surface area contributed by atoms with Crippen molar-refractivity contribution in [3.05, 3.63) is 24.3 Å². The zero-order valence-electron chi connectivity index (χ0n) is 12.0. The van der Waals surface area contributed by atoms with Crippen molar-refractivity contribution in [1.29, 1.82) is 0 Å². The summed E-state index contributed by atoms with van der Waals surface area (Å²) in [5, 5.41) is 3.62. The molecule has 0 heterocycles. The van der Waals surface area contributed by atoms with Crippen molar-refractivity contribution in [3.8, 4) is 5.75 Å². The summed E-state index contributed by atoms with van der Waals surface area (Å²) in [5.74, 6) is 1.85. The Morgan fingerprint density at radius 2 is 2.05 bits per heavy atom. The van der Waals surface area contributed by atoms with Gasteiger partial charge in [0.2, 0.25) is 0 Å². The van der Waals surface area contributed by atoms with Gasteiger partial charge in [0.1, 0.15) is 12.4 Å². The van der Waals surface area contributed by atoms with Gasteiger partial charge in [0.15, 0.2) is 0 Å². The van der Waals surface area contributed by atoms with E-state index in [0.29, 0.717) is 6.04 Å². The fourth-order valence-electron chi connectivity index (χ4n) is 2.72. The second-order valence-corrected chi connectivity index (χ2v) is 6.33. The minimum Gasteiger partial charge on any atom is -0.492 e. The molecule has 2 rings (SSSR count). The van der Waals surface area contributed by atoms with Crippen molar-refractivity contribution in [2.45, 2.75) is 43.5 Å². The van der Waals surface area contributed by atoms with Crippen LogP contribution in [0.2, 0.25) is 0 Å². The summed E-state index contributed by atoms with van der Waals surface area (Å²) in [6, 6.07) is 9.02. The summed E-state index contributed by atoms with van der Waals surface area (Å²) < 4.78 is 5.75. The Kier molecular flexibility index (Phi) is 6.05. The molecule has 0 saturated heterocycles. The van der Waals surface area contributed by atoms with Crippen LogP contribution in [0.25, 0.3) is 0 Å². The number of hydrogen-bond donors (Lipinski definition) is 1. The fraction of sp³-hybridized carbons (Fsp3) is 0.625. The highest BCUT2D eigenvalue weighted by atomic mass is 32.2. The molecule has 0 amide bonds. The largest absolute Gasteiger partial charge is 0.492 e. The van der Waals surface area contributed by atoms with Crippen LogP contribution in [0.15, 0.2) is 29.2 Å². The summed E-state index contributed by atoms with van der Waals surface area (Å²) in [4.78, 5) is 1.28. The van der Waals surface area contributed by atoms with Crippen LogP contribution >= 0.6 is 11.8 Å². The number of benzene rings is 1. The van der Waals surface area contributed by atoms with Crippen molar-refractivity contribution in [2.24, 2.45) is 5.92 Å². The maximum Gasteiger partial charge on any atom is 0.119 e. The highest BCUT2D eigenvalue weighted by Gasteiger charge is 2.17. The molecule has 1 fully saturated rings. The van der Waals surface area contributed by atoms with Gasteiger partial charge in [-0.15, -0.1) is 11.8 Å². The van der Waals surface area contributed by atoms with Crippen LogP contribution < -0.4 is 10.1 Å². The van der Waals surface area contributed by atoms with Gasteiger partial charge in [-0.2, -0.15) is 0 Å². The van der Waals surface area contributed by atoms with Gasteiger partial charge in [0.05, 0.1) is 0 Å². The Labute approximate surface area is 121 Å². The summed E-state index contributed by atoms with van der Waals surface area (Å²) >= 11 is 1.76. The monoisotopic (exact) mass is 279 g/mol. The van der Waals surface area contributed by atoms with Crippen LogP contribution in [0.4, 0.5) is 0 Å². The van der Waals surface area contributed by atoms with Gasteiger partial charge in [0.25, 0.3) is 0 Å². The summed E-state index contributed by atoms with van der Waals surface area (Å²) in [6.45, 7) is 4.06. The molecule has 0 aliphatic heterocycles. The van der Waals surface area contributed by atoms with Crippen LogP contribution in [0.3, 0.4) is 0 Å². The lowest BCUT2D eigenvalue weighted by atomic mass is 9.87. The van der Waals surface area contributed by atoms with Crippen LogP contribution in [-0.2, 0) is 0 Å². The van der Waals surface area contributed by atoms with Gasteiger partial charge < -0.3 is 10.1 Å². The van der Waals surface area contributed by atoms with Gasteiger partial charge in [-0.25, -0.2) is 0 Å². The molecule has 0 aromatic heterocycles. The predicted octanol–water partition coefficient (Wildman–Crippen LogP) is 3.96. The molecule has 1 aliphatic carbocycles. The molecule has 0 spiro atoms. The van der Waals surface area contributed by atoms with Crippen molar-refractivity contribution in [3.63, 3.8) is 0 Å². The van der Waals surface area contributed by atoms with E-state index in [1.54, 1.807) is 11.8 Å². The molecule has 1 aromatic rings. The SMILES string of the molecule is CSc1ccc(OCCNC2CCCC(C)C2)cc1. The van der Waals surface area contributed by atoms with Crippen LogP contribution in [0.1, 0.15) is 32.6 Å². The van der Waals surface area contributed by atoms with E-state index in [4.69, 9.17) is 4.74 Å². The molecule has 1 N–H and O–H groups in total. The number of rotatable bonds is 6. The van der Waals surface area contributed by atoms with E-state index < -0.39 is 0 Å². The average Bonchev–Trinajstić information content (AvgIpc) is 2.44. The molecule has 3 heteroatoms. The minimum absolute atomic E-state index is 0.700. The van der Waals surface area contributed by atoms with E-state index >= 15 is 0 Å². The molecule has 2 nitrogen and oxygen atoms in total. The minimum atomic E-state index is 0.700. The summed E-state index contributed by atoms with van der Waals surface area (Å²) in [5.41, 5.74) is 0. The van der Waals surface area contributed by atoms with E-state index in [0.717, 1.165) is 24.8 Å². The Morgan fingerprint density at radius 3 is 2.74 bits per heavy atom. The van der Waals surface area contributed by atoms with Gasteiger partial charge in [0, 0.05) is 17.5 Å². The number of hydrogen-bond acceptors (Lipinski definition) is 3. The first-order chi connectivity index (χ1) is 9.28. The van der Waals surface area contributed by atoms with Gasteiger partial charge in [-0.1, -0.05) is 19.8 Å². The Morgan fingerprint density at radius 1 is 1.26 bits per heavy atom. The van der Waals surface area contributed by atoms with E-state index in [2.05, 4.69) is 42.8 Å². The molecule has 1 aliphatic rings. The lowest BCUT2D eigenvalue weighted by molar-refractivity contribution is 0.266. The molecule has 0 radical (unpaired) electrons. The fourth-order valence-corrected chi connectivity index (χ4v) is 3.13. The van der Waals surface area contributed by atoms with E-state index in [9.17, 15) is 0 Å². The standard InChI is InChI=1S/C16H25NOS/c1-13-4-3-5-14(12-13)17-10-11-18-15-6-8-16(19-2)9-7-15/h6-9,13-14,17H,3-5,10-12H2,1-2H3. The highest BCUT2D eigenvalue weighted by Crippen LogP contribution is 2.23. The smallest absolute Gasteiger partial charge is 0.119 e. The lowest BCUT2D eigenvalue weighted by Crippen LogP contribution is -2.36. The number of thioether (sulfide) groups is 1. The molecule has 1 aromatic carbocycles. The van der Waals surface area contributed by atoms with Crippen LogP contribution in [0, 0.1) is 5.92 Å². The molecule has 19 heavy (non-hydrogen) atoms. The summed E-state index contributed by atoms with van der Waals surface area (Å²) in [6.07, 6.45) is 7.51. The molecule has 2 unspecified atom stereocenters. The molecule has 2 atom stereocenters. The third-order valence-corrected chi connectivity index (χ3v) is 4.54. The molecule has 0 bridgehead atoms. The van der Waals surface area contributed by atoms with Crippen molar-refractivity contribution < 1.29 is 4.74 Å². The topological polar surface area (TPSA) is 21.3 Å². The second kappa shape index (κ2) is 7.81. The Bertz CT molecular complexity index is 366. The molecular formula is C16H25NOS. The first-order valence-corrected chi connectivity index (χ1v) is 8.50. The molecule has 106 valence electrons. The lowest BCUT2D eigenvalue weighted by Gasteiger charge is -2.27. The maximum absolute atomic E-state index is 5.75. The van der Waals surface area contributed by atoms with Crippen molar-refractivity contribution >= 4 is 11.8 Å². The highest BCUT2D eigenvalue weighted by molar-refractivity contribution is 7.98. The third-order valence-electron chi connectivity index (χ3n) is 3.80. The van der Waals surface area contributed by atoms with Crippen LogP contribution in [-0.4, -0.2) is 25.4 Å². The van der Waals surface area contributed by atoms with Crippen molar-refractivity contribution in [2.75, 3.05) is 19.4 Å². The summed E-state index contributed by atoms with van der Waals surface area (Å²) in [7, 11) is 0. The second-order valence-electron chi connectivity index (χ2n) is 5.45. The Hall–Kier alpha value is -0.670. The van der Waals surface area contributed by atoms with Crippen molar-refractivity contribution in [1.82, 2.24) is 5.32 Å². The number of ether oxygens (including phenoxy) is 1. The van der Waals surface area contributed by atoms with E-state index in [1.807, 2.05) is 0 Å². The van der Waals surface area contributed by atoms with Gasteiger partial charge >= 0.3 is 0 Å². The number of nitrogens with one attached hydrogen (secondary N) is 1. The van der Waals surface area contributed by atoms with Gasteiger partial charge in [-0.05, 0) is 49.3 Å². The maximum atomic E-state index is 5.75. The van der Waals surface area contributed by atoms with E-state index in [1.165, 1.54) is 30.6 Å². The van der Waals surface area contributed by atoms with Crippen LogP contribution in [0.5, 0.6) is 5.75 Å². The quantitative estimate of drug-likeness (QED) is 0.629. The molecule has 1 saturated carbocycles.